The lowest BCUT2D eigenvalue weighted by Gasteiger charge is -2.06. The van der Waals surface area contributed by atoms with E-state index in [1.165, 1.54) is 5.56 Å². The van der Waals surface area contributed by atoms with E-state index in [9.17, 15) is 0 Å². The van der Waals surface area contributed by atoms with Crippen molar-refractivity contribution in [2.24, 2.45) is 0 Å². The Kier molecular flexibility index (Phi) is 3.84. The van der Waals surface area contributed by atoms with E-state index in [1.54, 1.807) is 17.5 Å². The summed E-state index contributed by atoms with van der Waals surface area (Å²) in [6, 6.07) is 4.10. The van der Waals surface area contributed by atoms with Crippen LogP contribution in [0, 0.1) is 6.92 Å². The third kappa shape index (κ3) is 2.97. The molecule has 5 heteroatoms. The molecule has 0 atom stereocenters. The van der Waals surface area contributed by atoms with Crippen LogP contribution in [0.1, 0.15) is 11.1 Å². The van der Waals surface area contributed by atoms with Crippen LogP contribution in [-0.4, -0.2) is 4.98 Å². The molecule has 0 aliphatic carbocycles. The average Bonchev–Trinajstić information content (AvgIpc) is 2.66. The van der Waals surface area contributed by atoms with Gasteiger partial charge in [0.05, 0.1) is 15.7 Å². The number of pyridine rings is 1. The third-order valence-electron chi connectivity index (χ3n) is 2.13. The van der Waals surface area contributed by atoms with Crippen molar-refractivity contribution in [1.29, 1.82) is 0 Å². The molecule has 0 aliphatic rings. The van der Waals surface area contributed by atoms with Crippen LogP contribution >= 0.6 is 38.9 Å². The first-order chi connectivity index (χ1) is 7.65. The summed E-state index contributed by atoms with van der Waals surface area (Å²) in [4.78, 5) is 4.09. The minimum absolute atomic E-state index is 0.559. The molecule has 0 amide bonds. The van der Waals surface area contributed by atoms with E-state index in [1.807, 2.05) is 13.0 Å². The molecule has 0 aliphatic heterocycles. The predicted octanol–water partition coefficient (Wildman–Crippen LogP) is 4.48. The van der Waals surface area contributed by atoms with E-state index in [-0.39, 0.29) is 0 Å². The second-order valence-corrected chi connectivity index (χ2v) is 6.09. The lowest BCUT2D eigenvalue weighted by molar-refractivity contribution is 1.14. The molecule has 2 rings (SSSR count). The minimum Gasteiger partial charge on any atom is -0.380 e. The molecule has 0 spiro atoms. The second-order valence-electron chi connectivity index (χ2n) is 3.44. The Labute approximate surface area is 112 Å². The van der Waals surface area contributed by atoms with Gasteiger partial charge in [-0.1, -0.05) is 11.6 Å². The molecule has 0 radical (unpaired) electrons. The van der Waals surface area contributed by atoms with Gasteiger partial charge in [0.1, 0.15) is 5.15 Å². The van der Waals surface area contributed by atoms with Gasteiger partial charge in [-0.25, -0.2) is 4.98 Å². The summed E-state index contributed by atoms with van der Waals surface area (Å²) >= 11 is 11.0. The Hall–Kier alpha value is -0.580. The highest BCUT2D eigenvalue weighted by molar-refractivity contribution is 9.11. The maximum Gasteiger partial charge on any atom is 0.132 e. The van der Waals surface area contributed by atoms with Gasteiger partial charge in [-0.3, -0.25) is 0 Å². The fourth-order valence-electron chi connectivity index (χ4n) is 1.30. The second kappa shape index (κ2) is 5.17. The normalized spacial score (nSPS) is 10.4. The van der Waals surface area contributed by atoms with Crippen molar-refractivity contribution in [3.05, 3.63) is 43.8 Å². The maximum atomic E-state index is 5.86. The molecule has 2 heterocycles. The molecule has 2 aromatic rings. The average molecular weight is 318 g/mol. The molecule has 0 fully saturated rings. The van der Waals surface area contributed by atoms with Crippen LogP contribution in [0.3, 0.4) is 0 Å². The molecule has 2 nitrogen and oxygen atoms in total. The van der Waals surface area contributed by atoms with E-state index in [2.05, 4.69) is 37.7 Å². The highest BCUT2D eigenvalue weighted by atomic mass is 79.9. The van der Waals surface area contributed by atoms with Crippen LogP contribution in [0.15, 0.2) is 27.5 Å². The van der Waals surface area contributed by atoms with Crippen molar-refractivity contribution in [2.75, 3.05) is 5.32 Å². The number of hydrogen-bond donors (Lipinski definition) is 1. The summed E-state index contributed by atoms with van der Waals surface area (Å²) in [6.07, 6.45) is 1.75. The molecular weight excluding hydrogens is 308 g/mol. The number of aromatic nitrogens is 1. The van der Waals surface area contributed by atoms with E-state index in [0.717, 1.165) is 21.6 Å². The summed E-state index contributed by atoms with van der Waals surface area (Å²) in [5, 5.41) is 5.98. The number of rotatable bonds is 3. The van der Waals surface area contributed by atoms with Crippen molar-refractivity contribution < 1.29 is 0 Å². The Bertz CT molecular complexity index is 498. The fraction of sp³-hybridized carbons (Fsp3) is 0.182. The van der Waals surface area contributed by atoms with Crippen LogP contribution < -0.4 is 5.32 Å². The summed E-state index contributed by atoms with van der Waals surface area (Å²) in [6.45, 7) is 2.74. The van der Waals surface area contributed by atoms with E-state index >= 15 is 0 Å². The predicted molar refractivity (Wildman–Crippen MR) is 73.3 cm³/mol. The number of nitrogens with zero attached hydrogens (tertiary/aromatic N) is 1. The summed E-state index contributed by atoms with van der Waals surface area (Å²) in [5.41, 5.74) is 3.23. The highest BCUT2D eigenvalue weighted by Crippen LogP contribution is 2.22. The Morgan fingerprint density at radius 3 is 2.94 bits per heavy atom. The number of anilines is 1. The van der Waals surface area contributed by atoms with Gasteiger partial charge in [-0.05, 0) is 51.5 Å². The van der Waals surface area contributed by atoms with Crippen LogP contribution in [0.2, 0.25) is 5.15 Å². The van der Waals surface area contributed by atoms with Crippen LogP contribution in [-0.2, 0) is 6.54 Å². The van der Waals surface area contributed by atoms with E-state index in [0.29, 0.717) is 5.15 Å². The Morgan fingerprint density at radius 1 is 1.50 bits per heavy atom. The molecular formula is C11H10BrClN2S. The monoisotopic (exact) mass is 316 g/mol. The van der Waals surface area contributed by atoms with Gasteiger partial charge >= 0.3 is 0 Å². The van der Waals surface area contributed by atoms with Crippen molar-refractivity contribution in [3.8, 4) is 0 Å². The number of nitrogens with one attached hydrogen (secondary N) is 1. The molecule has 0 unspecified atom stereocenters. The highest BCUT2D eigenvalue weighted by Gasteiger charge is 2.00. The first-order valence-corrected chi connectivity index (χ1v) is 6.79. The summed E-state index contributed by atoms with van der Waals surface area (Å²) in [7, 11) is 0. The molecule has 0 bridgehead atoms. The van der Waals surface area contributed by atoms with Gasteiger partial charge in [0.15, 0.2) is 0 Å². The smallest absolute Gasteiger partial charge is 0.132 e. The zero-order valence-corrected chi connectivity index (χ0v) is 11.8. The molecule has 0 saturated heterocycles. The topological polar surface area (TPSA) is 24.9 Å². The SMILES string of the molecule is Cc1cc(NCc2csc(Br)c2)cnc1Cl. The molecule has 1 N–H and O–H groups in total. The van der Waals surface area contributed by atoms with Gasteiger partial charge in [-0.2, -0.15) is 0 Å². The van der Waals surface area contributed by atoms with Crippen LogP contribution in [0.5, 0.6) is 0 Å². The molecule has 0 saturated carbocycles. The van der Waals surface area contributed by atoms with Crippen LogP contribution in [0.4, 0.5) is 5.69 Å². The number of halogens is 2. The zero-order chi connectivity index (χ0) is 11.5. The van der Waals surface area contributed by atoms with Crippen molar-refractivity contribution >= 4 is 44.6 Å². The van der Waals surface area contributed by atoms with Gasteiger partial charge < -0.3 is 5.32 Å². The van der Waals surface area contributed by atoms with Gasteiger partial charge in [0.25, 0.3) is 0 Å². The first kappa shape index (κ1) is 11.9. The lowest BCUT2D eigenvalue weighted by atomic mass is 10.3. The minimum atomic E-state index is 0.559. The molecule has 16 heavy (non-hydrogen) atoms. The molecule has 84 valence electrons. The van der Waals surface area contributed by atoms with E-state index < -0.39 is 0 Å². The van der Waals surface area contributed by atoms with E-state index in [4.69, 9.17) is 11.6 Å². The van der Waals surface area contributed by atoms with Crippen LogP contribution in [0.25, 0.3) is 0 Å². The van der Waals surface area contributed by atoms with Gasteiger partial charge in [-0.15, -0.1) is 11.3 Å². The fourth-order valence-corrected chi connectivity index (χ4v) is 2.61. The quantitative estimate of drug-likeness (QED) is 0.844. The van der Waals surface area contributed by atoms with Crippen molar-refractivity contribution in [3.63, 3.8) is 0 Å². The largest absolute Gasteiger partial charge is 0.380 e. The first-order valence-electron chi connectivity index (χ1n) is 4.74. The number of thiophene rings is 1. The zero-order valence-electron chi connectivity index (χ0n) is 8.63. The van der Waals surface area contributed by atoms with Crippen molar-refractivity contribution in [1.82, 2.24) is 4.98 Å². The summed E-state index contributed by atoms with van der Waals surface area (Å²) in [5.74, 6) is 0. The third-order valence-corrected chi connectivity index (χ3v) is 4.08. The Morgan fingerprint density at radius 2 is 2.31 bits per heavy atom. The molecule has 0 aromatic carbocycles. The molecule has 2 aromatic heterocycles. The maximum absolute atomic E-state index is 5.86. The number of hydrogen-bond acceptors (Lipinski definition) is 3. The summed E-state index contributed by atoms with van der Waals surface area (Å²) < 4.78 is 1.15. The number of aryl methyl sites for hydroxylation is 1. The Balaban J connectivity index is 2.02. The van der Waals surface area contributed by atoms with Gasteiger partial charge in [0.2, 0.25) is 0 Å². The standard InChI is InChI=1S/C11H10BrClN2S/c1-7-2-9(5-15-11(7)13)14-4-8-3-10(12)16-6-8/h2-3,5-6,14H,4H2,1H3. The lowest BCUT2D eigenvalue weighted by Crippen LogP contribution is -1.99. The van der Waals surface area contributed by atoms with Gasteiger partial charge in [0, 0.05) is 6.54 Å². The van der Waals surface area contributed by atoms with Crippen molar-refractivity contribution in [2.45, 2.75) is 13.5 Å².